The largest absolute Gasteiger partial charge is 0.484 e. The fourth-order valence-corrected chi connectivity index (χ4v) is 2.14. The van der Waals surface area contributed by atoms with Gasteiger partial charge >= 0.3 is 0 Å². The van der Waals surface area contributed by atoms with E-state index in [1.165, 1.54) is 0 Å². The number of rotatable bonds is 7. The summed E-state index contributed by atoms with van der Waals surface area (Å²) in [6.07, 6.45) is 5.05. The average molecular weight is 317 g/mol. The van der Waals surface area contributed by atoms with E-state index in [0.29, 0.717) is 11.1 Å². The van der Waals surface area contributed by atoms with E-state index < -0.39 is 0 Å². The Hall–Kier alpha value is -2.46. The minimum Gasteiger partial charge on any atom is -0.484 e. The highest BCUT2D eigenvalue weighted by molar-refractivity contribution is 7.99. The van der Waals surface area contributed by atoms with Gasteiger partial charge in [0.25, 0.3) is 11.1 Å². The van der Waals surface area contributed by atoms with Gasteiger partial charge in [-0.15, -0.1) is 16.6 Å². The second kappa shape index (κ2) is 8.10. The molecule has 0 bridgehead atoms. The van der Waals surface area contributed by atoms with E-state index >= 15 is 0 Å². The summed E-state index contributed by atoms with van der Waals surface area (Å²) in [6.45, 7) is 2.37. The summed E-state index contributed by atoms with van der Waals surface area (Å²) in [6, 6.07) is 7.67. The molecule has 7 heteroatoms. The Labute approximate surface area is 132 Å². The first-order valence-electron chi connectivity index (χ1n) is 6.52. The minimum absolute atomic E-state index is 0.169. The summed E-state index contributed by atoms with van der Waals surface area (Å²) in [5.74, 6) is 3.41. The highest BCUT2D eigenvalue weighted by Gasteiger charge is 2.10. The Morgan fingerprint density at radius 1 is 1.50 bits per heavy atom. The van der Waals surface area contributed by atoms with Crippen LogP contribution in [0.2, 0.25) is 0 Å². The quantitative estimate of drug-likeness (QED) is 0.620. The highest BCUT2D eigenvalue weighted by Crippen LogP contribution is 2.18. The lowest BCUT2D eigenvalue weighted by atomic mass is 10.2. The van der Waals surface area contributed by atoms with Gasteiger partial charge in [0.05, 0.1) is 12.3 Å². The van der Waals surface area contributed by atoms with Gasteiger partial charge in [0.2, 0.25) is 5.91 Å². The molecule has 0 radical (unpaired) electrons. The molecule has 0 aliphatic heterocycles. The zero-order valence-electron chi connectivity index (χ0n) is 12.0. The molecule has 1 N–H and O–H groups in total. The first-order valence-corrected chi connectivity index (χ1v) is 7.51. The molecule has 0 spiro atoms. The smallest absolute Gasteiger partial charge is 0.277 e. The van der Waals surface area contributed by atoms with Crippen molar-refractivity contribution in [3.8, 4) is 18.1 Å². The zero-order chi connectivity index (χ0) is 15.8. The Balaban J connectivity index is 1.79. The first kappa shape index (κ1) is 15.9. The molecule has 0 aliphatic carbocycles. The van der Waals surface area contributed by atoms with Crippen molar-refractivity contribution in [1.29, 1.82) is 0 Å². The van der Waals surface area contributed by atoms with Crippen molar-refractivity contribution < 1.29 is 13.9 Å². The van der Waals surface area contributed by atoms with Gasteiger partial charge in [0, 0.05) is 0 Å². The number of hydrogen-bond acceptors (Lipinski definition) is 6. The van der Waals surface area contributed by atoms with E-state index in [9.17, 15) is 4.79 Å². The van der Waals surface area contributed by atoms with Crippen molar-refractivity contribution in [3.63, 3.8) is 0 Å². The number of thioether (sulfide) groups is 1. The third-order valence-corrected chi connectivity index (χ3v) is 3.33. The minimum atomic E-state index is -0.182. The summed E-state index contributed by atoms with van der Waals surface area (Å²) >= 11 is 1.15. The number of nitrogens with zero attached hydrogens (tertiary/aromatic N) is 2. The van der Waals surface area contributed by atoms with Gasteiger partial charge in [0.1, 0.15) is 5.75 Å². The van der Waals surface area contributed by atoms with E-state index in [0.717, 1.165) is 23.1 Å². The number of amides is 1. The second-order valence-corrected chi connectivity index (χ2v) is 5.26. The number of aromatic nitrogens is 2. The number of carbonyl (C=O) groups excluding carboxylic acids is 1. The molecule has 6 nitrogen and oxygen atoms in total. The molecule has 1 aromatic carbocycles. The standard InChI is InChI=1S/C15H15N3O3S/c1-3-7-16-13(19)10-22-15-18-17-14(21-15)9-20-12-6-4-5-11(2)8-12/h1,4-6,8H,7,9-10H2,2H3,(H,16,19). The maximum atomic E-state index is 11.4. The van der Waals surface area contributed by atoms with Crippen LogP contribution in [0.25, 0.3) is 0 Å². The predicted octanol–water partition coefficient (Wildman–Crippen LogP) is 1.80. The molecular weight excluding hydrogens is 302 g/mol. The SMILES string of the molecule is C#CCNC(=O)CSc1nnc(COc2cccc(C)c2)o1. The molecule has 0 saturated carbocycles. The zero-order valence-corrected chi connectivity index (χ0v) is 12.9. The van der Waals surface area contributed by atoms with Crippen LogP contribution < -0.4 is 10.1 Å². The number of hydrogen-bond donors (Lipinski definition) is 1. The number of aryl methyl sites for hydroxylation is 1. The van der Waals surface area contributed by atoms with E-state index in [-0.39, 0.29) is 24.8 Å². The fourth-order valence-electron chi connectivity index (χ4n) is 1.53. The molecule has 0 saturated heterocycles. The molecular formula is C15H15N3O3S. The van der Waals surface area contributed by atoms with E-state index in [1.807, 2.05) is 31.2 Å². The number of carbonyl (C=O) groups is 1. The van der Waals surface area contributed by atoms with Gasteiger partial charge < -0.3 is 14.5 Å². The maximum Gasteiger partial charge on any atom is 0.277 e. The Bertz CT molecular complexity index is 679. The van der Waals surface area contributed by atoms with Crippen LogP contribution in [0.1, 0.15) is 11.5 Å². The van der Waals surface area contributed by atoms with Crippen molar-refractivity contribution in [3.05, 3.63) is 35.7 Å². The summed E-state index contributed by atoms with van der Waals surface area (Å²) in [5, 5.41) is 10.6. The van der Waals surface area contributed by atoms with E-state index in [2.05, 4.69) is 21.4 Å². The van der Waals surface area contributed by atoms with Crippen LogP contribution in [0.15, 0.2) is 33.9 Å². The molecule has 0 unspecified atom stereocenters. The van der Waals surface area contributed by atoms with Crippen LogP contribution in [0.4, 0.5) is 0 Å². The molecule has 1 amide bonds. The van der Waals surface area contributed by atoms with Crippen LogP contribution in [-0.4, -0.2) is 28.4 Å². The molecule has 1 aromatic heterocycles. The molecule has 2 rings (SSSR count). The van der Waals surface area contributed by atoms with Gasteiger partial charge in [-0.25, -0.2) is 0 Å². The number of terminal acetylenes is 1. The predicted molar refractivity (Wildman–Crippen MR) is 82.4 cm³/mol. The first-order chi connectivity index (χ1) is 10.7. The Morgan fingerprint density at radius 2 is 2.36 bits per heavy atom. The lowest BCUT2D eigenvalue weighted by Crippen LogP contribution is -2.25. The normalized spacial score (nSPS) is 10.0. The molecule has 1 heterocycles. The lowest BCUT2D eigenvalue weighted by molar-refractivity contribution is -0.118. The third kappa shape index (κ3) is 5.14. The number of benzene rings is 1. The monoisotopic (exact) mass is 317 g/mol. The summed E-state index contributed by atoms with van der Waals surface area (Å²) in [5.41, 5.74) is 1.11. The third-order valence-electron chi connectivity index (χ3n) is 2.51. The molecule has 2 aromatic rings. The van der Waals surface area contributed by atoms with Crippen LogP contribution in [0, 0.1) is 19.3 Å². The molecule has 22 heavy (non-hydrogen) atoms. The van der Waals surface area contributed by atoms with Crippen LogP contribution >= 0.6 is 11.8 Å². The van der Waals surface area contributed by atoms with Gasteiger partial charge in [0.15, 0.2) is 6.61 Å². The fraction of sp³-hybridized carbons (Fsp3) is 0.267. The van der Waals surface area contributed by atoms with E-state index in [1.54, 1.807) is 0 Å². The highest BCUT2D eigenvalue weighted by atomic mass is 32.2. The van der Waals surface area contributed by atoms with Crippen LogP contribution in [0.5, 0.6) is 5.75 Å². The van der Waals surface area contributed by atoms with Crippen LogP contribution in [0.3, 0.4) is 0 Å². The van der Waals surface area contributed by atoms with Gasteiger partial charge in [-0.1, -0.05) is 29.8 Å². The van der Waals surface area contributed by atoms with Crippen molar-refractivity contribution in [2.24, 2.45) is 0 Å². The topological polar surface area (TPSA) is 77.2 Å². The average Bonchev–Trinajstić information content (AvgIpc) is 2.97. The summed E-state index contributed by atoms with van der Waals surface area (Å²) in [7, 11) is 0. The van der Waals surface area contributed by atoms with Gasteiger partial charge in [-0.2, -0.15) is 0 Å². The second-order valence-electron chi connectivity index (χ2n) is 4.34. The lowest BCUT2D eigenvalue weighted by Gasteiger charge is -2.03. The van der Waals surface area contributed by atoms with Crippen molar-refractivity contribution in [2.45, 2.75) is 18.8 Å². The Kier molecular flexibility index (Phi) is 5.86. The number of ether oxygens (including phenoxy) is 1. The van der Waals surface area contributed by atoms with Crippen molar-refractivity contribution in [1.82, 2.24) is 15.5 Å². The molecule has 0 atom stereocenters. The number of nitrogens with one attached hydrogen (secondary N) is 1. The van der Waals surface area contributed by atoms with Crippen molar-refractivity contribution in [2.75, 3.05) is 12.3 Å². The van der Waals surface area contributed by atoms with Crippen LogP contribution in [-0.2, 0) is 11.4 Å². The molecule has 0 fully saturated rings. The van der Waals surface area contributed by atoms with E-state index in [4.69, 9.17) is 15.6 Å². The van der Waals surface area contributed by atoms with Crippen molar-refractivity contribution >= 4 is 17.7 Å². The maximum absolute atomic E-state index is 11.4. The summed E-state index contributed by atoms with van der Waals surface area (Å²) in [4.78, 5) is 11.4. The molecule has 0 aliphatic rings. The van der Waals surface area contributed by atoms with Gasteiger partial charge in [-0.05, 0) is 24.6 Å². The molecule has 114 valence electrons. The summed E-state index contributed by atoms with van der Waals surface area (Å²) < 4.78 is 10.9. The van der Waals surface area contributed by atoms with Gasteiger partial charge in [-0.3, -0.25) is 4.79 Å². The Morgan fingerprint density at radius 3 is 3.14 bits per heavy atom.